The number of carbonyl (C=O) groups is 1. The SMILES string of the molecule is O=C(N/N=C\c1c(Oc2nc(Cl)ncc2F)ccc2ccccc12)c1cccc(Br)c1. The number of amides is 1. The van der Waals surface area contributed by atoms with Gasteiger partial charge in [0, 0.05) is 15.6 Å². The number of benzene rings is 3. The second-order valence-electron chi connectivity index (χ2n) is 6.30. The molecular weight excluding hydrogens is 487 g/mol. The van der Waals surface area contributed by atoms with Crippen molar-refractivity contribution in [3.05, 3.63) is 93.6 Å². The highest BCUT2D eigenvalue weighted by Crippen LogP contribution is 2.31. The summed E-state index contributed by atoms with van der Waals surface area (Å²) in [7, 11) is 0. The van der Waals surface area contributed by atoms with Gasteiger partial charge in [-0.15, -0.1) is 0 Å². The van der Waals surface area contributed by atoms with E-state index in [9.17, 15) is 9.18 Å². The molecule has 0 spiro atoms. The van der Waals surface area contributed by atoms with Gasteiger partial charge in [0.05, 0.1) is 12.4 Å². The molecule has 1 heterocycles. The zero-order valence-corrected chi connectivity index (χ0v) is 18.1. The fourth-order valence-electron chi connectivity index (χ4n) is 2.85. The summed E-state index contributed by atoms with van der Waals surface area (Å²) in [5, 5.41) is 5.63. The molecule has 31 heavy (non-hydrogen) atoms. The van der Waals surface area contributed by atoms with Crippen molar-refractivity contribution in [2.24, 2.45) is 5.10 Å². The number of hydrazone groups is 1. The quantitative estimate of drug-likeness (QED) is 0.216. The van der Waals surface area contributed by atoms with Crippen molar-refractivity contribution < 1.29 is 13.9 Å². The number of ether oxygens (including phenoxy) is 1. The lowest BCUT2D eigenvalue weighted by Crippen LogP contribution is -2.17. The third kappa shape index (κ3) is 4.87. The fraction of sp³-hybridized carbons (Fsp3) is 0. The molecule has 4 rings (SSSR count). The van der Waals surface area contributed by atoms with Gasteiger partial charge in [0.25, 0.3) is 11.8 Å². The number of nitrogens with zero attached hydrogens (tertiary/aromatic N) is 3. The first-order valence-electron chi connectivity index (χ1n) is 8.98. The summed E-state index contributed by atoms with van der Waals surface area (Å²) in [5.41, 5.74) is 3.46. The van der Waals surface area contributed by atoms with Crippen LogP contribution < -0.4 is 10.2 Å². The van der Waals surface area contributed by atoms with Crippen molar-refractivity contribution in [3.8, 4) is 11.6 Å². The van der Waals surface area contributed by atoms with Gasteiger partial charge >= 0.3 is 0 Å². The second kappa shape index (κ2) is 9.20. The normalized spacial score (nSPS) is 11.1. The molecule has 1 N–H and O–H groups in total. The predicted molar refractivity (Wildman–Crippen MR) is 120 cm³/mol. The van der Waals surface area contributed by atoms with Gasteiger partial charge in [-0.25, -0.2) is 10.4 Å². The summed E-state index contributed by atoms with van der Waals surface area (Å²) in [6, 6.07) is 17.9. The Bertz CT molecular complexity index is 1320. The fourth-order valence-corrected chi connectivity index (χ4v) is 3.38. The first kappa shape index (κ1) is 20.9. The van der Waals surface area contributed by atoms with Crippen LogP contribution in [0.25, 0.3) is 10.8 Å². The monoisotopic (exact) mass is 498 g/mol. The van der Waals surface area contributed by atoms with Crippen LogP contribution in [0, 0.1) is 5.82 Å². The van der Waals surface area contributed by atoms with Crippen LogP contribution in [-0.2, 0) is 0 Å². The van der Waals surface area contributed by atoms with Crippen molar-refractivity contribution in [2.45, 2.75) is 0 Å². The molecule has 0 fully saturated rings. The molecule has 4 aromatic rings. The Hall–Kier alpha value is -3.36. The molecule has 1 aromatic heterocycles. The molecule has 0 bridgehead atoms. The minimum Gasteiger partial charge on any atom is -0.436 e. The molecule has 0 aliphatic rings. The molecule has 0 saturated heterocycles. The third-order valence-electron chi connectivity index (χ3n) is 4.27. The van der Waals surface area contributed by atoms with E-state index < -0.39 is 5.82 Å². The van der Waals surface area contributed by atoms with Gasteiger partial charge in [-0.2, -0.15) is 14.5 Å². The van der Waals surface area contributed by atoms with E-state index in [1.807, 2.05) is 36.4 Å². The van der Waals surface area contributed by atoms with Gasteiger partial charge in [0.1, 0.15) is 5.75 Å². The van der Waals surface area contributed by atoms with Crippen molar-refractivity contribution >= 4 is 50.4 Å². The zero-order valence-electron chi connectivity index (χ0n) is 15.7. The van der Waals surface area contributed by atoms with Gasteiger partial charge in [-0.3, -0.25) is 4.79 Å². The van der Waals surface area contributed by atoms with Crippen LogP contribution in [0.1, 0.15) is 15.9 Å². The molecular formula is C22H13BrClFN4O2. The van der Waals surface area contributed by atoms with E-state index in [2.05, 4.69) is 36.4 Å². The maximum Gasteiger partial charge on any atom is 0.271 e. The highest BCUT2D eigenvalue weighted by atomic mass is 79.9. The zero-order chi connectivity index (χ0) is 21.8. The number of hydrogen-bond donors (Lipinski definition) is 1. The summed E-state index contributed by atoms with van der Waals surface area (Å²) >= 11 is 9.09. The number of hydrogen-bond acceptors (Lipinski definition) is 5. The number of nitrogens with one attached hydrogen (secondary N) is 1. The van der Waals surface area contributed by atoms with E-state index in [1.165, 1.54) is 6.21 Å². The van der Waals surface area contributed by atoms with Gasteiger partial charge < -0.3 is 4.74 Å². The molecule has 1 amide bonds. The van der Waals surface area contributed by atoms with Crippen molar-refractivity contribution in [2.75, 3.05) is 0 Å². The first-order valence-corrected chi connectivity index (χ1v) is 10.1. The van der Waals surface area contributed by atoms with Gasteiger partial charge in [0.15, 0.2) is 0 Å². The number of aromatic nitrogens is 2. The van der Waals surface area contributed by atoms with E-state index in [0.29, 0.717) is 11.1 Å². The largest absolute Gasteiger partial charge is 0.436 e. The number of halogens is 3. The lowest BCUT2D eigenvalue weighted by Gasteiger charge is -2.11. The Kier molecular flexibility index (Phi) is 6.20. The molecule has 0 unspecified atom stereocenters. The lowest BCUT2D eigenvalue weighted by molar-refractivity contribution is 0.0955. The Labute approximate surface area is 189 Å². The van der Waals surface area contributed by atoms with E-state index in [1.54, 1.807) is 24.3 Å². The summed E-state index contributed by atoms with van der Waals surface area (Å²) in [6.45, 7) is 0. The number of rotatable bonds is 5. The van der Waals surface area contributed by atoms with Crippen LogP contribution >= 0.6 is 27.5 Å². The maximum atomic E-state index is 14.1. The van der Waals surface area contributed by atoms with Crippen molar-refractivity contribution in [3.63, 3.8) is 0 Å². The Balaban J connectivity index is 1.68. The number of carbonyl (C=O) groups excluding carboxylic acids is 1. The van der Waals surface area contributed by atoms with Gasteiger partial charge in [-0.1, -0.05) is 52.3 Å². The van der Waals surface area contributed by atoms with E-state index in [-0.39, 0.29) is 22.8 Å². The van der Waals surface area contributed by atoms with Crippen LogP contribution in [0.5, 0.6) is 11.6 Å². The summed E-state index contributed by atoms with van der Waals surface area (Å²) in [5.74, 6) is -1.17. The smallest absolute Gasteiger partial charge is 0.271 e. The van der Waals surface area contributed by atoms with Crippen molar-refractivity contribution in [1.29, 1.82) is 0 Å². The highest BCUT2D eigenvalue weighted by molar-refractivity contribution is 9.10. The van der Waals surface area contributed by atoms with Crippen LogP contribution in [0.2, 0.25) is 5.28 Å². The van der Waals surface area contributed by atoms with Crippen molar-refractivity contribution in [1.82, 2.24) is 15.4 Å². The average Bonchev–Trinajstić information content (AvgIpc) is 2.77. The summed E-state index contributed by atoms with van der Waals surface area (Å²) in [6.07, 6.45) is 2.37. The van der Waals surface area contributed by atoms with Crippen LogP contribution in [-0.4, -0.2) is 22.1 Å². The van der Waals surface area contributed by atoms with Crippen LogP contribution in [0.15, 0.2) is 76.4 Å². The molecule has 0 aliphatic carbocycles. The summed E-state index contributed by atoms with van der Waals surface area (Å²) in [4.78, 5) is 19.7. The van der Waals surface area contributed by atoms with E-state index in [4.69, 9.17) is 16.3 Å². The summed E-state index contributed by atoms with van der Waals surface area (Å²) < 4.78 is 20.5. The maximum absolute atomic E-state index is 14.1. The van der Waals surface area contributed by atoms with Crippen LogP contribution in [0.3, 0.4) is 0 Å². The Morgan fingerprint density at radius 2 is 2.00 bits per heavy atom. The topological polar surface area (TPSA) is 76.5 Å². The standard InChI is InChI=1S/C22H13BrClFN4O2/c23-15-6-3-5-14(10-15)20(30)29-27-11-17-16-7-2-1-4-13(16)8-9-19(17)31-21-18(25)12-26-22(24)28-21/h1-12H,(H,29,30)/b27-11-. The Morgan fingerprint density at radius 3 is 2.84 bits per heavy atom. The third-order valence-corrected chi connectivity index (χ3v) is 4.94. The second-order valence-corrected chi connectivity index (χ2v) is 7.56. The molecule has 9 heteroatoms. The molecule has 154 valence electrons. The molecule has 0 aliphatic heterocycles. The van der Waals surface area contributed by atoms with E-state index in [0.717, 1.165) is 21.4 Å². The highest BCUT2D eigenvalue weighted by Gasteiger charge is 2.13. The predicted octanol–water partition coefficient (Wildman–Crippen LogP) is 5.74. The molecule has 0 radical (unpaired) electrons. The average molecular weight is 500 g/mol. The molecule has 0 saturated carbocycles. The lowest BCUT2D eigenvalue weighted by atomic mass is 10.0. The first-order chi connectivity index (χ1) is 15.0. The number of fused-ring (bicyclic) bond motifs is 1. The minimum atomic E-state index is -0.761. The molecule has 0 atom stereocenters. The molecule has 6 nitrogen and oxygen atoms in total. The van der Waals surface area contributed by atoms with Gasteiger partial charge in [0.2, 0.25) is 11.1 Å². The van der Waals surface area contributed by atoms with E-state index >= 15 is 0 Å². The Morgan fingerprint density at radius 1 is 1.16 bits per heavy atom. The van der Waals surface area contributed by atoms with Crippen LogP contribution in [0.4, 0.5) is 4.39 Å². The van der Waals surface area contributed by atoms with Gasteiger partial charge in [-0.05, 0) is 46.6 Å². The molecule has 3 aromatic carbocycles. The minimum absolute atomic E-state index is 0.145.